The van der Waals surface area contributed by atoms with E-state index in [9.17, 15) is 9.59 Å². The molecule has 0 radical (unpaired) electrons. The summed E-state index contributed by atoms with van der Waals surface area (Å²) in [5.74, 6) is -0.458. The first kappa shape index (κ1) is 21.7. The van der Waals surface area contributed by atoms with Crippen LogP contribution >= 0.6 is 0 Å². The number of hydrogen-bond acceptors (Lipinski definition) is 8. The predicted octanol–water partition coefficient (Wildman–Crippen LogP) is 2.92. The van der Waals surface area contributed by atoms with E-state index in [4.69, 9.17) is 14.2 Å². The number of methoxy groups -OCH3 is 1. The summed E-state index contributed by atoms with van der Waals surface area (Å²) in [5, 5.41) is 11.9. The minimum atomic E-state index is -0.716. The lowest BCUT2D eigenvalue weighted by molar-refractivity contribution is 0.0512. The van der Waals surface area contributed by atoms with Crippen molar-refractivity contribution in [2.75, 3.05) is 20.3 Å². The summed E-state index contributed by atoms with van der Waals surface area (Å²) in [6, 6.07) is 14.2. The van der Waals surface area contributed by atoms with Gasteiger partial charge < -0.3 is 14.2 Å². The summed E-state index contributed by atoms with van der Waals surface area (Å²) in [5.41, 5.74) is 2.14. The number of rotatable bonds is 9. The number of ketones is 1. The normalized spacial score (nSPS) is 10.8. The Labute approximate surface area is 179 Å². The maximum Gasteiger partial charge on any atom is 0.364 e. The first-order chi connectivity index (χ1) is 15.0. The molecule has 1 heterocycles. The van der Waals surface area contributed by atoms with E-state index in [1.807, 2.05) is 31.2 Å². The quantitative estimate of drug-likeness (QED) is 0.297. The first-order valence-electron chi connectivity index (χ1n) is 9.56. The van der Waals surface area contributed by atoms with Crippen LogP contribution in [0.15, 0.2) is 53.6 Å². The van der Waals surface area contributed by atoms with E-state index < -0.39 is 5.97 Å². The van der Waals surface area contributed by atoms with Gasteiger partial charge in [0.15, 0.2) is 12.4 Å². The van der Waals surface area contributed by atoms with Gasteiger partial charge in [-0.1, -0.05) is 29.1 Å². The van der Waals surface area contributed by atoms with Gasteiger partial charge in [0.25, 0.3) is 5.88 Å². The molecule has 0 unspecified atom stereocenters. The molecule has 0 spiro atoms. The highest BCUT2D eigenvalue weighted by molar-refractivity contribution is 5.97. The first-order valence-corrected chi connectivity index (χ1v) is 9.56. The van der Waals surface area contributed by atoms with Crippen molar-refractivity contribution in [2.45, 2.75) is 13.8 Å². The van der Waals surface area contributed by atoms with Gasteiger partial charge in [0.2, 0.25) is 5.69 Å². The molecule has 0 amide bonds. The van der Waals surface area contributed by atoms with Gasteiger partial charge in [0.1, 0.15) is 5.75 Å². The zero-order chi connectivity index (χ0) is 22.2. The number of benzene rings is 2. The van der Waals surface area contributed by atoms with Crippen molar-refractivity contribution in [1.29, 1.82) is 0 Å². The maximum absolute atomic E-state index is 12.5. The summed E-state index contributed by atoms with van der Waals surface area (Å²) in [4.78, 5) is 25.8. The lowest BCUT2D eigenvalue weighted by Gasteiger charge is -2.07. The predicted molar refractivity (Wildman–Crippen MR) is 113 cm³/mol. The summed E-state index contributed by atoms with van der Waals surface area (Å²) in [6.45, 7) is 3.43. The van der Waals surface area contributed by atoms with Crippen molar-refractivity contribution in [3.05, 3.63) is 70.9 Å². The van der Waals surface area contributed by atoms with Crippen LogP contribution in [0.4, 0.5) is 0 Å². The molecule has 1 aromatic heterocycles. The Morgan fingerprint density at radius 2 is 1.87 bits per heavy atom. The second kappa shape index (κ2) is 10.1. The van der Waals surface area contributed by atoms with Gasteiger partial charge >= 0.3 is 5.97 Å². The number of nitrogens with zero attached hydrogens (tertiary/aromatic N) is 4. The van der Waals surface area contributed by atoms with Crippen LogP contribution in [-0.4, -0.2) is 53.4 Å². The highest BCUT2D eigenvalue weighted by Gasteiger charge is 2.24. The fourth-order valence-corrected chi connectivity index (χ4v) is 2.64. The molecule has 0 saturated carbocycles. The average Bonchev–Trinajstić information content (AvgIpc) is 3.20. The number of ether oxygens (including phenoxy) is 3. The number of esters is 1. The Bertz CT molecular complexity index is 1090. The van der Waals surface area contributed by atoms with E-state index >= 15 is 0 Å². The van der Waals surface area contributed by atoms with Gasteiger partial charge in [-0.25, -0.2) is 4.79 Å². The molecule has 0 saturated heterocycles. The number of aromatic nitrogens is 3. The van der Waals surface area contributed by atoms with E-state index in [-0.39, 0.29) is 30.6 Å². The highest BCUT2D eigenvalue weighted by Crippen LogP contribution is 2.18. The standard InChI is InChI=1S/C22H22N4O5/c1-4-30-22(28)20-21(31-14-19(27)16-9-11-18(29-3)12-10-16)26(25-24-20)23-13-17-8-6-5-7-15(17)2/h5-13H,4,14H2,1-3H3. The van der Waals surface area contributed by atoms with Crippen LogP contribution in [0.2, 0.25) is 0 Å². The second-order valence-corrected chi connectivity index (χ2v) is 6.39. The van der Waals surface area contributed by atoms with Crippen molar-refractivity contribution in [3.8, 4) is 11.6 Å². The smallest absolute Gasteiger partial charge is 0.364 e. The fraction of sp³-hybridized carbons (Fsp3) is 0.227. The molecule has 0 bridgehead atoms. The Morgan fingerprint density at radius 3 is 2.55 bits per heavy atom. The number of carbonyl (C=O) groups is 2. The SMILES string of the molecule is CCOC(=O)c1nnn(N=Cc2ccccc2C)c1OCC(=O)c1ccc(OC)cc1. The van der Waals surface area contributed by atoms with Gasteiger partial charge in [0.05, 0.1) is 19.9 Å². The largest absolute Gasteiger partial charge is 0.497 e. The molecular weight excluding hydrogens is 400 g/mol. The van der Waals surface area contributed by atoms with Crippen LogP contribution in [0, 0.1) is 6.92 Å². The van der Waals surface area contributed by atoms with Crippen LogP contribution in [0.3, 0.4) is 0 Å². The molecule has 9 nitrogen and oxygen atoms in total. The Hall–Kier alpha value is -4.01. The molecule has 0 aliphatic carbocycles. The minimum Gasteiger partial charge on any atom is -0.497 e. The molecule has 0 aliphatic rings. The molecule has 0 fully saturated rings. The average molecular weight is 422 g/mol. The van der Waals surface area contributed by atoms with Crippen LogP contribution in [-0.2, 0) is 4.74 Å². The van der Waals surface area contributed by atoms with E-state index in [1.165, 1.54) is 0 Å². The van der Waals surface area contributed by atoms with Crippen LogP contribution in [0.25, 0.3) is 0 Å². The fourth-order valence-electron chi connectivity index (χ4n) is 2.64. The molecule has 2 aromatic carbocycles. The van der Waals surface area contributed by atoms with E-state index in [2.05, 4.69) is 15.4 Å². The van der Waals surface area contributed by atoms with Gasteiger partial charge in [-0.2, -0.15) is 5.10 Å². The van der Waals surface area contributed by atoms with Gasteiger partial charge in [0, 0.05) is 5.56 Å². The lowest BCUT2D eigenvalue weighted by Crippen LogP contribution is -2.15. The van der Waals surface area contributed by atoms with E-state index in [0.29, 0.717) is 11.3 Å². The summed E-state index contributed by atoms with van der Waals surface area (Å²) < 4.78 is 15.7. The minimum absolute atomic E-state index is 0.0786. The van der Waals surface area contributed by atoms with Crippen molar-refractivity contribution in [3.63, 3.8) is 0 Å². The third-order valence-electron chi connectivity index (χ3n) is 4.33. The van der Waals surface area contributed by atoms with Crippen LogP contribution < -0.4 is 9.47 Å². The monoisotopic (exact) mass is 422 g/mol. The second-order valence-electron chi connectivity index (χ2n) is 6.39. The molecule has 0 N–H and O–H groups in total. The molecule has 0 atom stereocenters. The van der Waals surface area contributed by atoms with Gasteiger partial charge in [-0.05, 0) is 54.5 Å². The van der Waals surface area contributed by atoms with E-state index in [1.54, 1.807) is 44.5 Å². The lowest BCUT2D eigenvalue weighted by atomic mass is 10.1. The topological polar surface area (TPSA) is 105 Å². The summed E-state index contributed by atoms with van der Waals surface area (Å²) in [6.07, 6.45) is 1.57. The Balaban J connectivity index is 1.83. The zero-order valence-electron chi connectivity index (χ0n) is 17.4. The van der Waals surface area contributed by atoms with Crippen molar-refractivity contribution in [2.24, 2.45) is 5.10 Å². The van der Waals surface area contributed by atoms with Crippen molar-refractivity contribution < 1.29 is 23.8 Å². The maximum atomic E-state index is 12.5. The molecule has 160 valence electrons. The van der Waals surface area contributed by atoms with Gasteiger partial charge in [-0.3, -0.25) is 4.79 Å². The molecule has 31 heavy (non-hydrogen) atoms. The third kappa shape index (κ3) is 5.33. The van der Waals surface area contributed by atoms with E-state index in [0.717, 1.165) is 15.9 Å². The van der Waals surface area contributed by atoms with Crippen LogP contribution in [0.1, 0.15) is 38.9 Å². The number of hydrogen-bond donors (Lipinski definition) is 0. The summed E-state index contributed by atoms with van der Waals surface area (Å²) in [7, 11) is 1.54. The highest BCUT2D eigenvalue weighted by atomic mass is 16.5. The Morgan fingerprint density at radius 1 is 1.13 bits per heavy atom. The van der Waals surface area contributed by atoms with Crippen LogP contribution in [0.5, 0.6) is 11.6 Å². The zero-order valence-corrected chi connectivity index (χ0v) is 17.4. The summed E-state index contributed by atoms with van der Waals surface area (Å²) >= 11 is 0. The molecule has 3 aromatic rings. The molecule has 0 aliphatic heterocycles. The number of Topliss-reactive ketones (excluding diaryl/α,β-unsaturated/α-hetero) is 1. The number of aryl methyl sites for hydroxylation is 1. The third-order valence-corrected chi connectivity index (χ3v) is 4.33. The Kier molecular flexibility index (Phi) is 7.10. The molecular formula is C22H22N4O5. The number of carbonyl (C=O) groups excluding carboxylic acids is 2. The molecule has 9 heteroatoms. The van der Waals surface area contributed by atoms with Crippen molar-refractivity contribution >= 4 is 18.0 Å². The molecule has 3 rings (SSSR count). The van der Waals surface area contributed by atoms with Crippen molar-refractivity contribution in [1.82, 2.24) is 15.1 Å². The van der Waals surface area contributed by atoms with Gasteiger partial charge in [-0.15, -0.1) is 5.10 Å².